The second kappa shape index (κ2) is 52.7. The van der Waals surface area contributed by atoms with Crippen LogP contribution in [0.25, 0.3) is 0 Å². The summed E-state index contributed by atoms with van der Waals surface area (Å²) in [6, 6.07) is -0.847. The molecule has 424 valence electrons. The summed E-state index contributed by atoms with van der Waals surface area (Å²) in [5.41, 5.74) is 0. The first kappa shape index (κ1) is 70.2. The Morgan fingerprint density at radius 3 is 1.28 bits per heavy atom. The van der Waals surface area contributed by atoms with Gasteiger partial charge in [-0.05, 0) is 63.9 Å². The van der Waals surface area contributed by atoms with Crippen LogP contribution in [0.3, 0.4) is 0 Å². The van der Waals surface area contributed by atoms with E-state index in [0.717, 1.165) is 77.0 Å². The largest absolute Gasteiger partial charge is 0.472 e. The van der Waals surface area contributed by atoms with Gasteiger partial charge in [0.1, 0.15) is 19.3 Å². The highest BCUT2D eigenvalue weighted by molar-refractivity contribution is 7.47. The number of nitrogens with one attached hydrogen (secondary N) is 1. The van der Waals surface area contributed by atoms with Crippen LogP contribution in [0.5, 0.6) is 0 Å². The number of carbonyl (C=O) groups is 2. The first-order valence-electron chi connectivity index (χ1n) is 30.8. The number of esters is 1. The van der Waals surface area contributed by atoms with Crippen LogP contribution in [0.1, 0.15) is 297 Å². The standard InChI is InChI=1S/C62H119N2O7P/c1-7-10-13-16-19-22-25-28-30-32-34-36-39-42-45-48-51-54-61(65)63-59(58-70-72(67,68)69-57-56-64(4,5)6)60(53-50-47-44-41-38-27-24-21-18-15-12-9-3)71-62(66)55-52-49-46-43-40-37-35-33-31-29-26-23-20-17-14-11-8-2/h20,23,29,31,50,53,59-60H,7-19,21-22,24-28,30,32-49,51-52,54-58H2,1-6H3,(H-,63,65,67,68)/p+1/b23-20-,31-29-,53-50+. The second-order valence-electron chi connectivity index (χ2n) is 22.2. The number of quaternary nitrogens is 1. The molecule has 3 unspecified atom stereocenters. The van der Waals surface area contributed by atoms with Gasteiger partial charge < -0.3 is 19.4 Å². The lowest BCUT2D eigenvalue weighted by molar-refractivity contribution is -0.870. The van der Waals surface area contributed by atoms with Crippen molar-refractivity contribution in [3.8, 4) is 0 Å². The zero-order valence-corrected chi connectivity index (χ0v) is 49.3. The Bertz CT molecular complexity index is 1330. The van der Waals surface area contributed by atoms with Crippen LogP contribution >= 0.6 is 7.82 Å². The molecule has 1 amide bonds. The number of allylic oxidation sites excluding steroid dienone is 5. The summed E-state index contributed by atoms with van der Waals surface area (Å²) in [7, 11) is 1.50. The van der Waals surface area contributed by atoms with Gasteiger partial charge in [-0.3, -0.25) is 18.6 Å². The van der Waals surface area contributed by atoms with E-state index in [-0.39, 0.29) is 31.5 Å². The molecule has 0 spiro atoms. The van der Waals surface area contributed by atoms with Gasteiger partial charge in [-0.2, -0.15) is 0 Å². The normalized spacial score (nSPS) is 13.9. The molecule has 0 aliphatic heterocycles. The number of nitrogens with zero attached hydrogens (tertiary/aromatic N) is 1. The van der Waals surface area contributed by atoms with E-state index in [4.69, 9.17) is 13.8 Å². The van der Waals surface area contributed by atoms with Crippen LogP contribution in [-0.2, 0) is 27.9 Å². The fraction of sp³-hybridized carbons (Fsp3) is 0.871. The van der Waals surface area contributed by atoms with Crippen molar-refractivity contribution in [3.05, 3.63) is 36.5 Å². The molecule has 0 aromatic rings. The quantitative estimate of drug-likeness (QED) is 0.0205. The van der Waals surface area contributed by atoms with E-state index >= 15 is 0 Å². The third-order valence-electron chi connectivity index (χ3n) is 13.8. The van der Waals surface area contributed by atoms with Crippen LogP contribution in [0.2, 0.25) is 0 Å². The molecule has 0 aromatic heterocycles. The molecule has 0 aliphatic rings. The number of unbranched alkanes of at least 4 members (excludes halogenated alkanes) is 36. The summed E-state index contributed by atoms with van der Waals surface area (Å²) >= 11 is 0. The second-order valence-corrected chi connectivity index (χ2v) is 23.7. The Morgan fingerprint density at radius 2 is 0.847 bits per heavy atom. The minimum absolute atomic E-state index is 0.0412. The molecule has 0 saturated heterocycles. The predicted octanol–water partition coefficient (Wildman–Crippen LogP) is 18.7. The van der Waals surface area contributed by atoms with Crippen molar-refractivity contribution >= 4 is 19.7 Å². The van der Waals surface area contributed by atoms with Crippen LogP contribution in [0.15, 0.2) is 36.5 Å². The average molecular weight is 1040 g/mol. The molecule has 0 aliphatic carbocycles. The summed E-state index contributed by atoms with van der Waals surface area (Å²) in [6.45, 7) is 7.01. The first-order valence-corrected chi connectivity index (χ1v) is 32.3. The van der Waals surface area contributed by atoms with E-state index in [1.54, 1.807) is 0 Å². The highest BCUT2D eigenvalue weighted by atomic mass is 31.2. The Kier molecular flexibility index (Phi) is 51.4. The number of hydrogen-bond acceptors (Lipinski definition) is 6. The fourth-order valence-electron chi connectivity index (χ4n) is 9.03. The first-order chi connectivity index (χ1) is 34.9. The maximum atomic E-state index is 13.5. The number of rotatable bonds is 56. The number of phosphoric acid groups is 1. The summed E-state index contributed by atoms with van der Waals surface area (Å²) in [6.07, 6.45) is 62.7. The number of likely N-dealkylation sites (N-methyl/N-ethyl adjacent to an activating group) is 1. The molecular weight excluding hydrogens is 916 g/mol. The van der Waals surface area contributed by atoms with Crippen molar-refractivity contribution in [2.24, 2.45) is 0 Å². The van der Waals surface area contributed by atoms with E-state index in [0.29, 0.717) is 17.4 Å². The van der Waals surface area contributed by atoms with Crippen LogP contribution in [0, 0.1) is 0 Å². The van der Waals surface area contributed by atoms with Gasteiger partial charge in [0.25, 0.3) is 0 Å². The number of amides is 1. The Balaban J connectivity index is 5.26. The molecule has 0 aromatic carbocycles. The molecule has 3 atom stereocenters. The van der Waals surface area contributed by atoms with E-state index in [9.17, 15) is 19.0 Å². The molecule has 0 saturated carbocycles. The monoisotopic (exact) mass is 1040 g/mol. The lowest BCUT2D eigenvalue weighted by Gasteiger charge is -2.27. The van der Waals surface area contributed by atoms with Crippen molar-refractivity contribution < 1.29 is 37.3 Å². The molecule has 0 heterocycles. The van der Waals surface area contributed by atoms with Gasteiger partial charge >= 0.3 is 13.8 Å². The van der Waals surface area contributed by atoms with Gasteiger partial charge in [0.15, 0.2) is 0 Å². The van der Waals surface area contributed by atoms with E-state index in [1.807, 2.05) is 33.3 Å². The molecule has 0 fully saturated rings. The van der Waals surface area contributed by atoms with Crippen molar-refractivity contribution in [2.75, 3.05) is 40.9 Å². The van der Waals surface area contributed by atoms with Crippen molar-refractivity contribution in [1.29, 1.82) is 0 Å². The fourth-order valence-corrected chi connectivity index (χ4v) is 9.77. The van der Waals surface area contributed by atoms with Crippen molar-refractivity contribution in [2.45, 2.75) is 309 Å². The SMILES string of the molecule is CCCCC/C=C\C/C=C\CCCCCCCCCC(=O)OC(/C=C/CCCCCCCCCCCC)C(COP(=O)(O)OCC[N+](C)(C)C)NC(=O)CCCCCCCCCCCCCCCCCCC. The van der Waals surface area contributed by atoms with E-state index in [1.165, 1.54) is 186 Å². The Hall–Kier alpha value is -1.77. The zero-order chi connectivity index (χ0) is 52.9. The maximum Gasteiger partial charge on any atom is 0.472 e. The lowest BCUT2D eigenvalue weighted by Crippen LogP contribution is -2.47. The average Bonchev–Trinajstić information content (AvgIpc) is 3.34. The molecular formula is C62H120N2O7P+. The molecule has 72 heavy (non-hydrogen) atoms. The number of carbonyl (C=O) groups excluding carboxylic acids is 2. The topological polar surface area (TPSA) is 111 Å². The molecule has 0 bridgehead atoms. The molecule has 10 heteroatoms. The van der Waals surface area contributed by atoms with Gasteiger partial charge in [0.05, 0.1) is 33.8 Å². The van der Waals surface area contributed by atoms with Crippen molar-refractivity contribution in [1.82, 2.24) is 5.32 Å². The van der Waals surface area contributed by atoms with E-state index in [2.05, 4.69) is 50.4 Å². The molecule has 0 rings (SSSR count). The summed E-state index contributed by atoms with van der Waals surface area (Å²) in [5.74, 6) is -0.501. The van der Waals surface area contributed by atoms with E-state index < -0.39 is 20.0 Å². The lowest BCUT2D eigenvalue weighted by atomic mass is 10.0. The summed E-state index contributed by atoms with van der Waals surface area (Å²) in [5, 5.41) is 3.06. The molecule has 9 nitrogen and oxygen atoms in total. The predicted molar refractivity (Wildman–Crippen MR) is 309 cm³/mol. The highest BCUT2D eigenvalue weighted by Crippen LogP contribution is 2.43. The summed E-state index contributed by atoms with van der Waals surface area (Å²) < 4.78 is 30.7. The van der Waals surface area contributed by atoms with Crippen LogP contribution in [0.4, 0.5) is 0 Å². The number of ether oxygens (including phenoxy) is 1. The van der Waals surface area contributed by atoms with Crippen LogP contribution < -0.4 is 5.32 Å². The Morgan fingerprint density at radius 1 is 0.486 bits per heavy atom. The van der Waals surface area contributed by atoms with Gasteiger partial charge in [0, 0.05) is 12.8 Å². The third-order valence-corrected chi connectivity index (χ3v) is 14.8. The number of hydrogen-bond donors (Lipinski definition) is 2. The zero-order valence-electron chi connectivity index (χ0n) is 48.4. The van der Waals surface area contributed by atoms with Gasteiger partial charge in [-0.1, -0.05) is 257 Å². The smallest absolute Gasteiger partial charge is 0.456 e. The van der Waals surface area contributed by atoms with Gasteiger partial charge in [0.2, 0.25) is 5.91 Å². The van der Waals surface area contributed by atoms with Crippen LogP contribution in [-0.4, -0.2) is 74.3 Å². The molecule has 0 radical (unpaired) electrons. The Labute approximate surface area is 446 Å². The van der Waals surface area contributed by atoms with Gasteiger partial charge in [-0.25, -0.2) is 4.57 Å². The molecule has 2 N–H and O–H groups in total. The highest BCUT2D eigenvalue weighted by Gasteiger charge is 2.30. The van der Waals surface area contributed by atoms with Crippen molar-refractivity contribution in [3.63, 3.8) is 0 Å². The minimum atomic E-state index is -4.44. The summed E-state index contributed by atoms with van der Waals surface area (Å²) in [4.78, 5) is 37.7. The maximum absolute atomic E-state index is 13.5. The third kappa shape index (κ3) is 53.1. The minimum Gasteiger partial charge on any atom is -0.456 e. The number of phosphoric ester groups is 1. The van der Waals surface area contributed by atoms with Gasteiger partial charge in [-0.15, -0.1) is 0 Å².